The second-order valence-electron chi connectivity index (χ2n) is 4.20. The molecule has 0 amide bonds. The Balaban J connectivity index is 2.04. The van der Waals surface area contributed by atoms with Crippen LogP contribution in [0.1, 0.15) is 0 Å². The van der Waals surface area contributed by atoms with Gasteiger partial charge in [-0.05, 0) is 30.3 Å². The molecule has 3 aromatic rings. The minimum Gasteiger partial charge on any atom is -0.279 e. The zero-order valence-corrected chi connectivity index (χ0v) is 12.6. The largest absolute Gasteiger partial charge is 0.279 e. The molecule has 0 saturated carbocycles. The van der Waals surface area contributed by atoms with Crippen molar-refractivity contribution in [2.75, 3.05) is 4.72 Å². The minimum absolute atomic E-state index is 0.201. The van der Waals surface area contributed by atoms with Crippen LogP contribution in [0.25, 0.3) is 10.9 Å². The van der Waals surface area contributed by atoms with Gasteiger partial charge in [0, 0.05) is 9.86 Å². The van der Waals surface area contributed by atoms with Crippen LogP contribution in [0.4, 0.5) is 5.69 Å². The summed E-state index contributed by atoms with van der Waals surface area (Å²) in [5.74, 6) is 0. The Morgan fingerprint density at radius 2 is 1.95 bits per heavy atom. The first-order chi connectivity index (χ1) is 9.56. The van der Waals surface area contributed by atoms with Gasteiger partial charge in [-0.15, -0.1) is 0 Å². The number of halogens is 1. The molecule has 0 radical (unpaired) electrons. The molecule has 2 N–H and O–H groups in total. The summed E-state index contributed by atoms with van der Waals surface area (Å²) >= 11 is 3.27. The molecule has 1 heterocycles. The Hall–Kier alpha value is -1.86. The van der Waals surface area contributed by atoms with Gasteiger partial charge < -0.3 is 0 Å². The van der Waals surface area contributed by atoms with Gasteiger partial charge in [0.2, 0.25) is 0 Å². The van der Waals surface area contributed by atoms with Crippen molar-refractivity contribution in [1.82, 2.24) is 10.2 Å². The summed E-state index contributed by atoms with van der Waals surface area (Å²) in [6.45, 7) is 0. The summed E-state index contributed by atoms with van der Waals surface area (Å²) in [4.78, 5) is 0.201. The van der Waals surface area contributed by atoms with Gasteiger partial charge in [0.25, 0.3) is 10.0 Å². The molecule has 20 heavy (non-hydrogen) atoms. The van der Waals surface area contributed by atoms with Crippen molar-refractivity contribution in [1.29, 1.82) is 0 Å². The number of hydrogen-bond donors (Lipinski definition) is 2. The van der Waals surface area contributed by atoms with Crippen molar-refractivity contribution in [2.24, 2.45) is 0 Å². The van der Waals surface area contributed by atoms with E-state index in [4.69, 9.17) is 0 Å². The van der Waals surface area contributed by atoms with Crippen LogP contribution < -0.4 is 4.72 Å². The van der Waals surface area contributed by atoms with Gasteiger partial charge in [0.1, 0.15) is 0 Å². The van der Waals surface area contributed by atoms with Crippen LogP contribution in [0.15, 0.2) is 58.0 Å². The van der Waals surface area contributed by atoms with Crippen molar-refractivity contribution in [2.45, 2.75) is 4.90 Å². The quantitative estimate of drug-likeness (QED) is 0.761. The van der Waals surface area contributed by atoms with Crippen molar-refractivity contribution < 1.29 is 8.42 Å². The van der Waals surface area contributed by atoms with E-state index in [0.717, 1.165) is 10.9 Å². The molecule has 0 aliphatic rings. The third-order valence-electron chi connectivity index (χ3n) is 2.84. The van der Waals surface area contributed by atoms with E-state index >= 15 is 0 Å². The third-order valence-corrected chi connectivity index (χ3v) is 4.69. The number of aromatic amines is 1. The number of anilines is 1. The van der Waals surface area contributed by atoms with Gasteiger partial charge in [-0.25, -0.2) is 8.42 Å². The monoisotopic (exact) mass is 351 g/mol. The molecule has 0 unspecified atom stereocenters. The van der Waals surface area contributed by atoms with Crippen LogP contribution in [0, 0.1) is 0 Å². The van der Waals surface area contributed by atoms with Gasteiger partial charge >= 0.3 is 0 Å². The Labute approximate surface area is 124 Å². The molecule has 1 aromatic heterocycles. The summed E-state index contributed by atoms with van der Waals surface area (Å²) in [5.41, 5.74) is 1.27. The van der Waals surface area contributed by atoms with Crippen LogP contribution in [-0.4, -0.2) is 18.6 Å². The summed E-state index contributed by atoms with van der Waals surface area (Å²) in [7, 11) is -3.63. The molecular weight excluding hydrogens is 342 g/mol. The summed E-state index contributed by atoms with van der Waals surface area (Å²) < 4.78 is 28.0. The fraction of sp³-hybridized carbons (Fsp3) is 0. The highest BCUT2D eigenvalue weighted by molar-refractivity contribution is 9.10. The third kappa shape index (κ3) is 2.41. The molecule has 0 atom stereocenters. The molecule has 0 spiro atoms. The topological polar surface area (TPSA) is 74.8 Å². The number of aromatic nitrogens is 2. The molecule has 0 aliphatic heterocycles. The lowest BCUT2D eigenvalue weighted by molar-refractivity contribution is 0.601. The number of sulfonamides is 1. The lowest BCUT2D eigenvalue weighted by Gasteiger charge is -2.09. The van der Waals surface area contributed by atoms with E-state index in [1.165, 1.54) is 0 Å². The lowest BCUT2D eigenvalue weighted by atomic mass is 10.2. The van der Waals surface area contributed by atoms with Crippen LogP contribution in [-0.2, 0) is 10.0 Å². The van der Waals surface area contributed by atoms with Crippen molar-refractivity contribution in [3.8, 4) is 0 Å². The second kappa shape index (κ2) is 4.92. The average Bonchev–Trinajstić information content (AvgIpc) is 2.88. The predicted octanol–water partition coefficient (Wildman–Crippen LogP) is 3.13. The van der Waals surface area contributed by atoms with Crippen molar-refractivity contribution >= 4 is 42.5 Å². The Kier molecular flexibility index (Phi) is 3.23. The van der Waals surface area contributed by atoms with Crippen LogP contribution in [0.2, 0.25) is 0 Å². The molecule has 0 bridgehead atoms. The van der Waals surface area contributed by atoms with E-state index < -0.39 is 10.0 Å². The first kappa shape index (κ1) is 13.1. The van der Waals surface area contributed by atoms with E-state index in [0.29, 0.717) is 10.2 Å². The average molecular weight is 352 g/mol. The summed E-state index contributed by atoms with van der Waals surface area (Å²) in [5, 5.41) is 7.44. The first-order valence-electron chi connectivity index (χ1n) is 5.77. The van der Waals surface area contributed by atoms with Crippen molar-refractivity contribution in [3.05, 3.63) is 53.1 Å². The van der Waals surface area contributed by atoms with E-state index in [9.17, 15) is 8.42 Å². The van der Waals surface area contributed by atoms with Gasteiger partial charge in [-0.2, -0.15) is 5.10 Å². The van der Waals surface area contributed by atoms with E-state index in [1.54, 1.807) is 42.6 Å². The standard InChI is InChI=1S/C13H10BrN3O2S/c14-9-3-1-4-10(7-9)20(18,19)17-13-6-2-5-12-11(13)8-15-16-12/h1-8,17H,(H,15,16). The maximum Gasteiger partial charge on any atom is 0.261 e. The second-order valence-corrected chi connectivity index (χ2v) is 6.80. The molecule has 102 valence electrons. The Morgan fingerprint density at radius 1 is 1.15 bits per heavy atom. The van der Waals surface area contributed by atoms with Gasteiger partial charge in [0.05, 0.1) is 22.3 Å². The molecular formula is C13H10BrN3O2S. The van der Waals surface area contributed by atoms with Gasteiger partial charge in [-0.1, -0.05) is 28.1 Å². The van der Waals surface area contributed by atoms with E-state index in [2.05, 4.69) is 30.8 Å². The van der Waals surface area contributed by atoms with E-state index in [1.807, 2.05) is 6.07 Å². The Morgan fingerprint density at radius 3 is 2.75 bits per heavy atom. The number of nitrogens with zero attached hydrogens (tertiary/aromatic N) is 1. The first-order valence-corrected chi connectivity index (χ1v) is 8.04. The molecule has 0 fully saturated rings. The smallest absolute Gasteiger partial charge is 0.261 e. The molecule has 0 saturated heterocycles. The number of hydrogen-bond acceptors (Lipinski definition) is 3. The highest BCUT2D eigenvalue weighted by Gasteiger charge is 2.16. The minimum atomic E-state index is -3.63. The number of benzene rings is 2. The maximum absolute atomic E-state index is 12.4. The van der Waals surface area contributed by atoms with Gasteiger partial charge in [-0.3, -0.25) is 9.82 Å². The highest BCUT2D eigenvalue weighted by Crippen LogP contribution is 2.25. The SMILES string of the molecule is O=S(=O)(Nc1cccc2[nH]ncc12)c1cccc(Br)c1. The predicted molar refractivity (Wildman–Crippen MR) is 81.0 cm³/mol. The fourth-order valence-corrected chi connectivity index (χ4v) is 3.57. The van der Waals surface area contributed by atoms with Crippen molar-refractivity contribution in [3.63, 3.8) is 0 Å². The summed E-state index contributed by atoms with van der Waals surface area (Å²) in [6, 6.07) is 11.8. The van der Waals surface area contributed by atoms with Crippen LogP contribution in [0.5, 0.6) is 0 Å². The molecule has 7 heteroatoms. The zero-order chi connectivity index (χ0) is 14.2. The molecule has 0 aliphatic carbocycles. The summed E-state index contributed by atoms with van der Waals surface area (Å²) in [6.07, 6.45) is 1.59. The molecule has 2 aromatic carbocycles. The normalized spacial score (nSPS) is 11.7. The maximum atomic E-state index is 12.4. The van der Waals surface area contributed by atoms with Gasteiger partial charge in [0.15, 0.2) is 0 Å². The number of rotatable bonds is 3. The zero-order valence-electron chi connectivity index (χ0n) is 10.2. The Bertz CT molecular complexity index is 874. The van der Waals surface area contributed by atoms with E-state index in [-0.39, 0.29) is 4.90 Å². The number of fused-ring (bicyclic) bond motifs is 1. The molecule has 3 rings (SSSR count). The highest BCUT2D eigenvalue weighted by atomic mass is 79.9. The van der Waals surface area contributed by atoms with Crippen LogP contribution in [0.3, 0.4) is 0 Å². The number of nitrogens with one attached hydrogen (secondary N) is 2. The number of H-pyrrole nitrogens is 1. The fourth-order valence-electron chi connectivity index (χ4n) is 1.89. The molecule has 5 nitrogen and oxygen atoms in total. The van der Waals surface area contributed by atoms with Crippen LogP contribution >= 0.6 is 15.9 Å². The lowest BCUT2D eigenvalue weighted by Crippen LogP contribution is -2.13.